The third-order valence-electron chi connectivity index (χ3n) is 1.85. The fourth-order valence-corrected chi connectivity index (χ4v) is 0.865. The zero-order valence-corrected chi connectivity index (χ0v) is 8.26. The average Bonchev–Trinajstić information content (AvgIpc) is 2.16. The molecule has 1 aromatic rings. The molecule has 0 amide bonds. The molecule has 0 aromatic carbocycles. The van der Waals surface area contributed by atoms with E-state index in [9.17, 15) is 0 Å². The van der Waals surface area contributed by atoms with Crippen LogP contribution in [0.2, 0.25) is 0 Å². The Morgan fingerprint density at radius 3 is 2.92 bits per heavy atom. The van der Waals surface area contributed by atoms with Gasteiger partial charge in [0.1, 0.15) is 5.69 Å². The summed E-state index contributed by atoms with van der Waals surface area (Å²) in [6, 6.07) is 4.14. The van der Waals surface area contributed by atoms with Gasteiger partial charge in [-0.05, 0) is 38.4 Å². The highest BCUT2D eigenvalue weighted by Gasteiger charge is 1.93. The number of aromatic nitrogens is 1. The first kappa shape index (κ1) is 9.76. The van der Waals surface area contributed by atoms with E-state index in [0.717, 1.165) is 11.3 Å². The minimum atomic E-state index is 0.210. The molecule has 0 fully saturated rings. The molecule has 1 N–H and O–H groups in total. The minimum absolute atomic E-state index is 0.210. The van der Waals surface area contributed by atoms with Crippen LogP contribution in [-0.2, 0) is 0 Å². The van der Waals surface area contributed by atoms with Gasteiger partial charge in [0.15, 0.2) is 0 Å². The highest BCUT2D eigenvalue weighted by molar-refractivity contribution is 5.35. The highest BCUT2D eigenvalue weighted by atomic mass is 14.8. The molecular weight excluding hydrogens is 160 g/mol. The van der Waals surface area contributed by atoms with Crippen molar-refractivity contribution in [1.82, 2.24) is 10.3 Å². The van der Waals surface area contributed by atoms with Crippen LogP contribution < -0.4 is 5.32 Å². The van der Waals surface area contributed by atoms with Crippen molar-refractivity contribution in [2.75, 3.05) is 7.05 Å². The van der Waals surface area contributed by atoms with Crippen LogP contribution >= 0.6 is 0 Å². The second-order valence-corrected chi connectivity index (χ2v) is 2.95. The minimum Gasteiger partial charge on any atom is -0.307 e. The number of nitrogens with one attached hydrogen (secondary N) is 1. The molecule has 0 aliphatic carbocycles. The smallest absolute Gasteiger partial charge is 0.116 e. The van der Waals surface area contributed by atoms with Gasteiger partial charge in [-0.2, -0.15) is 0 Å². The zero-order valence-electron chi connectivity index (χ0n) is 8.26. The Bertz CT molecular complexity index is 333. The van der Waals surface area contributed by atoms with E-state index >= 15 is 0 Å². The summed E-state index contributed by atoms with van der Waals surface area (Å²) in [6.45, 7) is 4.03. The largest absolute Gasteiger partial charge is 0.307 e. The molecule has 13 heavy (non-hydrogen) atoms. The Hall–Kier alpha value is -1.33. The van der Waals surface area contributed by atoms with Crippen LogP contribution in [0, 0.1) is 18.8 Å². The van der Waals surface area contributed by atoms with Crippen molar-refractivity contribution in [3.8, 4) is 11.8 Å². The Morgan fingerprint density at radius 1 is 1.54 bits per heavy atom. The Kier molecular flexibility index (Phi) is 3.48. The molecule has 2 heteroatoms. The van der Waals surface area contributed by atoms with Crippen molar-refractivity contribution < 1.29 is 0 Å². The van der Waals surface area contributed by atoms with Crippen LogP contribution in [0.3, 0.4) is 0 Å². The van der Waals surface area contributed by atoms with Gasteiger partial charge < -0.3 is 5.32 Å². The lowest BCUT2D eigenvalue weighted by Gasteiger charge is -1.98. The topological polar surface area (TPSA) is 24.9 Å². The maximum Gasteiger partial charge on any atom is 0.116 e. The van der Waals surface area contributed by atoms with Gasteiger partial charge in [0.25, 0.3) is 0 Å². The van der Waals surface area contributed by atoms with E-state index in [0.29, 0.717) is 0 Å². The fraction of sp³-hybridized carbons (Fsp3) is 0.364. The summed E-state index contributed by atoms with van der Waals surface area (Å²) in [5, 5.41) is 3.05. The van der Waals surface area contributed by atoms with Crippen molar-refractivity contribution in [3.63, 3.8) is 0 Å². The molecular formula is C11H14N2. The standard InChI is InChI=1S/C11H14N2/c1-9-5-4-8-13-11(9)7-6-10(2)12-3/h4-5,8,10,12H,1-3H3. The number of aryl methyl sites for hydroxylation is 1. The lowest BCUT2D eigenvalue weighted by atomic mass is 10.2. The van der Waals surface area contributed by atoms with Crippen molar-refractivity contribution in [1.29, 1.82) is 0 Å². The fourth-order valence-electron chi connectivity index (χ4n) is 0.865. The van der Waals surface area contributed by atoms with E-state index in [4.69, 9.17) is 0 Å². The zero-order chi connectivity index (χ0) is 9.68. The Balaban J connectivity index is 2.83. The van der Waals surface area contributed by atoms with Gasteiger partial charge in [0.05, 0.1) is 6.04 Å². The number of hydrogen-bond acceptors (Lipinski definition) is 2. The van der Waals surface area contributed by atoms with Crippen LogP contribution in [0.5, 0.6) is 0 Å². The summed E-state index contributed by atoms with van der Waals surface area (Å²) < 4.78 is 0. The van der Waals surface area contributed by atoms with E-state index in [1.165, 1.54) is 0 Å². The molecule has 1 heterocycles. The maximum absolute atomic E-state index is 4.18. The van der Waals surface area contributed by atoms with Gasteiger partial charge in [0, 0.05) is 6.20 Å². The average molecular weight is 174 g/mol. The van der Waals surface area contributed by atoms with E-state index < -0.39 is 0 Å². The van der Waals surface area contributed by atoms with E-state index in [1.54, 1.807) is 6.20 Å². The molecule has 0 bridgehead atoms. The monoisotopic (exact) mass is 174 g/mol. The predicted molar refractivity (Wildman–Crippen MR) is 54.4 cm³/mol. The SMILES string of the molecule is CNC(C)C#Cc1ncccc1C. The quantitative estimate of drug-likeness (QED) is 0.650. The maximum atomic E-state index is 4.18. The number of hydrogen-bond donors (Lipinski definition) is 1. The van der Waals surface area contributed by atoms with E-state index in [1.807, 2.05) is 33.0 Å². The second kappa shape index (κ2) is 4.64. The predicted octanol–water partition coefficient (Wildman–Crippen LogP) is 1.35. The van der Waals surface area contributed by atoms with Gasteiger partial charge in [-0.15, -0.1) is 0 Å². The summed E-state index contributed by atoms with van der Waals surface area (Å²) in [6.07, 6.45) is 1.76. The van der Waals surface area contributed by atoms with Gasteiger partial charge in [0.2, 0.25) is 0 Å². The first-order valence-corrected chi connectivity index (χ1v) is 4.34. The van der Waals surface area contributed by atoms with Gasteiger partial charge in [-0.3, -0.25) is 0 Å². The van der Waals surface area contributed by atoms with Crippen molar-refractivity contribution in [2.24, 2.45) is 0 Å². The summed E-state index contributed by atoms with van der Waals surface area (Å²) in [5.41, 5.74) is 1.99. The first-order chi connectivity index (χ1) is 6.24. The van der Waals surface area contributed by atoms with Gasteiger partial charge >= 0.3 is 0 Å². The summed E-state index contributed by atoms with van der Waals surface area (Å²) >= 11 is 0. The Morgan fingerprint density at radius 2 is 2.31 bits per heavy atom. The van der Waals surface area contributed by atoms with Crippen LogP contribution in [0.1, 0.15) is 18.2 Å². The van der Waals surface area contributed by atoms with Gasteiger partial charge in [-0.1, -0.05) is 12.0 Å². The lowest BCUT2D eigenvalue weighted by Crippen LogP contribution is -2.18. The summed E-state index contributed by atoms with van der Waals surface area (Å²) in [4.78, 5) is 4.18. The van der Waals surface area contributed by atoms with Crippen molar-refractivity contribution >= 4 is 0 Å². The molecule has 1 rings (SSSR count). The molecule has 0 radical (unpaired) electrons. The van der Waals surface area contributed by atoms with E-state index in [2.05, 4.69) is 22.1 Å². The normalized spacial score (nSPS) is 11.6. The Labute approximate surface area is 79.4 Å². The molecule has 0 saturated carbocycles. The van der Waals surface area contributed by atoms with Gasteiger partial charge in [-0.25, -0.2) is 4.98 Å². The molecule has 1 unspecified atom stereocenters. The summed E-state index contributed by atoms with van der Waals surface area (Å²) in [5.74, 6) is 6.11. The lowest BCUT2D eigenvalue weighted by molar-refractivity contribution is 0.749. The molecule has 0 spiro atoms. The molecule has 0 saturated heterocycles. The molecule has 0 aliphatic heterocycles. The second-order valence-electron chi connectivity index (χ2n) is 2.95. The van der Waals surface area contributed by atoms with Crippen molar-refractivity contribution in [3.05, 3.63) is 29.6 Å². The van der Waals surface area contributed by atoms with E-state index in [-0.39, 0.29) is 6.04 Å². The summed E-state index contributed by atoms with van der Waals surface area (Å²) in [7, 11) is 1.89. The molecule has 0 aliphatic rings. The van der Waals surface area contributed by atoms with Crippen LogP contribution in [0.25, 0.3) is 0 Å². The molecule has 1 atom stereocenters. The molecule has 1 aromatic heterocycles. The molecule has 2 nitrogen and oxygen atoms in total. The number of nitrogens with zero attached hydrogens (tertiary/aromatic N) is 1. The number of rotatable bonds is 1. The van der Waals surface area contributed by atoms with Crippen molar-refractivity contribution in [2.45, 2.75) is 19.9 Å². The first-order valence-electron chi connectivity index (χ1n) is 4.34. The molecule has 68 valence electrons. The highest BCUT2D eigenvalue weighted by Crippen LogP contribution is 2.00. The van der Waals surface area contributed by atoms with Crippen LogP contribution in [-0.4, -0.2) is 18.1 Å². The van der Waals surface area contributed by atoms with Crippen LogP contribution in [0.15, 0.2) is 18.3 Å². The number of pyridine rings is 1. The third-order valence-corrected chi connectivity index (χ3v) is 1.85. The third kappa shape index (κ3) is 2.89. The van der Waals surface area contributed by atoms with Crippen LogP contribution in [0.4, 0.5) is 0 Å².